The monoisotopic (exact) mass is 1010 g/mol. The van der Waals surface area contributed by atoms with Crippen LogP contribution in [0.4, 0.5) is 9.59 Å². The molecule has 23 nitrogen and oxygen atoms in total. The van der Waals surface area contributed by atoms with Crippen LogP contribution in [-0.2, 0) is 49.5 Å². The molecule has 14 N–H and O–H groups in total. The molecule has 3 aromatic carbocycles. The number of rotatable bonds is 28. The molecule has 4 rings (SSSR count). The number of unbranched alkanes of at least 4 members (excludes halogenated alkanes) is 1. The lowest BCUT2D eigenvalue weighted by atomic mass is 9.98. The highest BCUT2D eigenvalue weighted by Crippen LogP contribution is 2.44. The van der Waals surface area contributed by atoms with Crippen molar-refractivity contribution in [3.05, 3.63) is 95.6 Å². The van der Waals surface area contributed by atoms with Crippen LogP contribution in [0.15, 0.2) is 83.9 Å². The number of primary amides is 1. The minimum atomic E-state index is -1.75. The molecule has 0 aromatic heterocycles. The van der Waals surface area contributed by atoms with E-state index in [0.29, 0.717) is 5.56 Å². The third kappa shape index (κ3) is 19.5. The molecular weight excluding hydrogens is 949 g/mol. The summed E-state index contributed by atoms with van der Waals surface area (Å²) in [6.07, 6.45) is -3.52. The molecule has 23 heteroatoms. The predicted molar refractivity (Wildman–Crippen MR) is 266 cm³/mol. The SMILES string of the molecule is CC(C)(C)OC(=O)NCCCC[C@H](NC(=O)[C@H](CC(N)=O)NC(=O)[C@H](CCCN=C(N)N)NC(=O)OCC1c2ccccc2-c2ccccc21)C(=O)N[C@@H](CCC(=O)O)C(=O)N[C@@H](Cc1ccccc1)C(=O)O. The fourth-order valence-electron chi connectivity index (χ4n) is 7.89. The maximum Gasteiger partial charge on any atom is 0.407 e. The van der Waals surface area contributed by atoms with Crippen LogP contribution < -0.4 is 49.1 Å². The van der Waals surface area contributed by atoms with Gasteiger partial charge in [0, 0.05) is 31.8 Å². The smallest absolute Gasteiger partial charge is 0.407 e. The van der Waals surface area contributed by atoms with Gasteiger partial charge in [0.15, 0.2) is 5.96 Å². The zero-order valence-corrected chi connectivity index (χ0v) is 41.0. The number of aliphatic imine (C=N–C) groups is 1. The summed E-state index contributed by atoms with van der Waals surface area (Å²) >= 11 is 0. The van der Waals surface area contributed by atoms with E-state index in [1.807, 2.05) is 48.5 Å². The van der Waals surface area contributed by atoms with Crippen molar-refractivity contribution in [2.24, 2.45) is 22.2 Å². The number of hydrogen-bond acceptors (Lipinski definition) is 12. The third-order valence-electron chi connectivity index (χ3n) is 11.3. The fraction of sp³-hybridized carbons (Fsp3) is 0.440. The van der Waals surface area contributed by atoms with E-state index in [2.05, 4.69) is 36.9 Å². The molecule has 1 aliphatic carbocycles. The Morgan fingerprint density at radius 2 is 1.12 bits per heavy atom. The van der Waals surface area contributed by atoms with Crippen LogP contribution in [0.3, 0.4) is 0 Å². The summed E-state index contributed by atoms with van der Waals surface area (Å²) in [6.45, 7) is 5.05. The molecule has 0 aliphatic heterocycles. The first kappa shape index (κ1) is 57.3. The lowest BCUT2D eigenvalue weighted by molar-refractivity contribution is -0.143. The van der Waals surface area contributed by atoms with E-state index in [4.69, 9.17) is 26.7 Å². The van der Waals surface area contributed by atoms with Gasteiger partial charge in [-0.3, -0.25) is 33.8 Å². The summed E-state index contributed by atoms with van der Waals surface area (Å²) in [5.74, 6) is -8.42. The van der Waals surface area contributed by atoms with Crippen molar-refractivity contribution in [1.29, 1.82) is 0 Å². The number of alkyl carbamates (subject to hydrolysis) is 2. The first-order valence-electron chi connectivity index (χ1n) is 23.7. The molecule has 0 saturated heterocycles. The van der Waals surface area contributed by atoms with Crippen molar-refractivity contribution in [2.45, 2.75) is 120 Å². The van der Waals surface area contributed by atoms with Gasteiger partial charge >= 0.3 is 24.1 Å². The van der Waals surface area contributed by atoms with Gasteiger partial charge in [-0.2, -0.15) is 0 Å². The summed E-state index contributed by atoms with van der Waals surface area (Å²) in [4.78, 5) is 122. The molecule has 5 atom stereocenters. The molecule has 7 amide bonds. The van der Waals surface area contributed by atoms with E-state index in [-0.39, 0.29) is 70.1 Å². The summed E-state index contributed by atoms with van der Waals surface area (Å²) in [5, 5.41) is 34.3. The van der Waals surface area contributed by atoms with Crippen molar-refractivity contribution in [3.8, 4) is 11.1 Å². The Balaban J connectivity index is 1.54. The zero-order valence-electron chi connectivity index (χ0n) is 41.0. The number of ether oxygens (including phenoxy) is 2. The van der Waals surface area contributed by atoms with Crippen LogP contribution in [0.5, 0.6) is 0 Å². The Morgan fingerprint density at radius 1 is 0.616 bits per heavy atom. The second-order valence-electron chi connectivity index (χ2n) is 18.3. The number of nitrogens with two attached hydrogens (primary N) is 3. The van der Waals surface area contributed by atoms with Crippen LogP contribution in [0.1, 0.15) is 94.7 Å². The number of carbonyl (C=O) groups is 9. The van der Waals surface area contributed by atoms with Crippen LogP contribution in [0, 0.1) is 0 Å². The number of benzene rings is 3. The fourth-order valence-corrected chi connectivity index (χ4v) is 7.89. The largest absolute Gasteiger partial charge is 0.481 e. The van der Waals surface area contributed by atoms with Gasteiger partial charge in [0.2, 0.25) is 29.5 Å². The standard InChI is InChI=1S/C50H66N10O13/c1-50(2,3)73-48(70)55-24-12-11-20-35(42(64)57-37(22-23-41(62)63)44(66)59-39(46(68)69)26-29-14-5-4-6-15-29)56-45(67)38(27-40(51)61)58-43(65)36(21-13-25-54-47(52)53)60-49(71)72-28-34-32-18-9-7-16-30(32)31-17-8-10-19-33(31)34/h4-10,14-19,34-39H,11-13,20-28H2,1-3H3,(H2,51,61)(H,55,70)(H,56,67)(H,57,64)(H,58,65)(H,59,66)(H,60,71)(H,62,63)(H,68,69)(H4,52,53,54)/t35-,36-,37-,38-,39-/m0/s1. The van der Waals surface area contributed by atoms with Gasteiger partial charge in [0.05, 0.1) is 6.42 Å². The van der Waals surface area contributed by atoms with E-state index in [9.17, 15) is 53.4 Å². The van der Waals surface area contributed by atoms with E-state index in [0.717, 1.165) is 22.3 Å². The van der Waals surface area contributed by atoms with Gasteiger partial charge < -0.3 is 68.8 Å². The molecule has 0 saturated carbocycles. The molecule has 0 fully saturated rings. The third-order valence-corrected chi connectivity index (χ3v) is 11.3. The predicted octanol–water partition coefficient (Wildman–Crippen LogP) is 1.65. The zero-order chi connectivity index (χ0) is 53.7. The van der Waals surface area contributed by atoms with Gasteiger partial charge in [-0.15, -0.1) is 0 Å². The number of nitrogens with zero attached hydrogens (tertiary/aromatic N) is 1. The number of nitrogens with one attached hydrogen (secondary N) is 6. The van der Waals surface area contributed by atoms with E-state index in [1.54, 1.807) is 51.1 Å². The second kappa shape index (κ2) is 28.0. The van der Waals surface area contributed by atoms with Gasteiger partial charge in [0.25, 0.3) is 0 Å². The highest BCUT2D eigenvalue weighted by molar-refractivity contribution is 5.97. The van der Waals surface area contributed by atoms with Crippen LogP contribution in [0.2, 0.25) is 0 Å². The van der Waals surface area contributed by atoms with Crippen molar-refractivity contribution >= 4 is 59.6 Å². The van der Waals surface area contributed by atoms with Crippen molar-refractivity contribution in [2.75, 3.05) is 19.7 Å². The normalized spacial score (nSPS) is 13.7. The number of fused-ring (bicyclic) bond motifs is 3. The van der Waals surface area contributed by atoms with E-state index in [1.165, 1.54) is 0 Å². The first-order valence-corrected chi connectivity index (χ1v) is 23.7. The number of amides is 7. The molecule has 394 valence electrons. The highest BCUT2D eigenvalue weighted by atomic mass is 16.6. The number of carboxylic acids is 2. The Hall–Kier alpha value is -8.24. The van der Waals surface area contributed by atoms with Gasteiger partial charge in [-0.05, 0) is 87.1 Å². The Bertz CT molecular complexity index is 2410. The Kier molecular flexibility index (Phi) is 22.0. The molecule has 0 radical (unpaired) electrons. The maximum absolute atomic E-state index is 14.1. The van der Waals surface area contributed by atoms with E-state index >= 15 is 0 Å². The molecule has 0 bridgehead atoms. The summed E-state index contributed by atoms with van der Waals surface area (Å²) in [5.41, 5.74) is 20.1. The highest BCUT2D eigenvalue weighted by Gasteiger charge is 2.35. The molecule has 0 heterocycles. The Morgan fingerprint density at radius 3 is 1.67 bits per heavy atom. The van der Waals surface area contributed by atoms with Crippen molar-refractivity contribution < 1.29 is 62.8 Å². The topological polar surface area (TPSA) is 375 Å². The number of guanidine groups is 1. The summed E-state index contributed by atoms with van der Waals surface area (Å²) < 4.78 is 10.9. The number of carbonyl (C=O) groups excluding carboxylic acids is 7. The van der Waals surface area contributed by atoms with Crippen molar-refractivity contribution in [1.82, 2.24) is 31.9 Å². The summed E-state index contributed by atoms with van der Waals surface area (Å²) in [6, 6.07) is 15.9. The number of hydrogen-bond donors (Lipinski definition) is 11. The maximum atomic E-state index is 14.1. The average molecular weight is 1020 g/mol. The number of carboxylic acid groups (broad SMARTS) is 2. The quantitative estimate of drug-likeness (QED) is 0.0280. The second-order valence-corrected chi connectivity index (χ2v) is 18.3. The van der Waals surface area contributed by atoms with Crippen LogP contribution >= 0.6 is 0 Å². The first-order chi connectivity index (χ1) is 34.6. The molecule has 1 aliphatic rings. The van der Waals surface area contributed by atoms with Crippen molar-refractivity contribution in [3.63, 3.8) is 0 Å². The Labute approximate surface area is 422 Å². The lowest BCUT2D eigenvalue weighted by Gasteiger charge is -2.27. The lowest BCUT2D eigenvalue weighted by Crippen LogP contribution is -2.59. The number of aliphatic carboxylic acids is 2. The van der Waals surface area contributed by atoms with Gasteiger partial charge in [0.1, 0.15) is 42.4 Å². The average Bonchev–Trinajstić information content (AvgIpc) is 3.64. The van der Waals surface area contributed by atoms with Gasteiger partial charge in [-0.1, -0.05) is 78.9 Å². The molecular formula is C50H66N10O13. The molecule has 0 unspecified atom stereocenters. The molecule has 0 spiro atoms. The van der Waals surface area contributed by atoms with E-state index < -0.39 is 109 Å². The van der Waals surface area contributed by atoms with Crippen LogP contribution in [0.25, 0.3) is 11.1 Å². The minimum Gasteiger partial charge on any atom is -0.481 e. The van der Waals surface area contributed by atoms with Crippen LogP contribution in [-0.4, -0.2) is 125 Å². The minimum absolute atomic E-state index is 0.0449. The molecule has 73 heavy (non-hydrogen) atoms. The summed E-state index contributed by atoms with van der Waals surface area (Å²) in [7, 11) is 0. The molecule has 3 aromatic rings. The van der Waals surface area contributed by atoms with Gasteiger partial charge in [-0.25, -0.2) is 14.4 Å².